The van der Waals surface area contributed by atoms with Gasteiger partial charge in [-0.2, -0.15) is 0 Å². The number of nitrogens with one attached hydrogen (secondary N) is 2. The van der Waals surface area contributed by atoms with Crippen LogP contribution in [0.3, 0.4) is 0 Å². The van der Waals surface area contributed by atoms with Crippen molar-refractivity contribution < 1.29 is 33.3 Å². The lowest BCUT2D eigenvalue weighted by Crippen LogP contribution is -2.44. The SMILES string of the molecule is COc1ccc(C(=C(C)NC(=O)[C@H](C)NC(=O)c2nccc(OC)c2OC(=O)C(C)C)c2ccc(OC)cc2)cc1. The van der Waals surface area contributed by atoms with Gasteiger partial charge in [0.15, 0.2) is 11.4 Å². The molecule has 0 aliphatic heterocycles. The summed E-state index contributed by atoms with van der Waals surface area (Å²) in [7, 11) is 4.57. The zero-order chi connectivity index (χ0) is 30.1. The van der Waals surface area contributed by atoms with Gasteiger partial charge in [0.2, 0.25) is 11.7 Å². The van der Waals surface area contributed by atoms with Crippen molar-refractivity contribution in [3.8, 4) is 23.0 Å². The van der Waals surface area contributed by atoms with Crippen LogP contribution in [-0.2, 0) is 9.59 Å². The molecule has 41 heavy (non-hydrogen) atoms. The summed E-state index contributed by atoms with van der Waals surface area (Å²) in [4.78, 5) is 42.7. The average Bonchev–Trinajstić information content (AvgIpc) is 2.97. The minimum absolute atomic E-state index is 0.115. The number of esters is 1. The Morgan fingerprint density at radius 1 is 0.780 bits per heavy atom. The van der Waals surface area contributed by atoms with Gasteiger partial charge >= 0.3 is 5.97 Å². The molecule has 1 heterocycles. The zero-order valence-corrected chi connectivity index (χ0v) is 24.2. The van der Waals surface area contributed by atoms with Crippen LogP contribution in [0, 0.1) is 5.92 Å². The van der Waals surface area contributed by atoms with Gasteiger partial charge in [0.05, 0.1) is 27.2 Å². The molecule has 2 aromatic carbocycles. The van der Waals surface area contributed by atoms with E-state index in [1.54, 1.807) is 41.9 Å². The number of allylic oxidation sites excluding steroid dienone is 1. The highest BCUT2D eigenvalue weighted by Crippen LogP contribution is 2.31. The molecular formula is C31H35N3O7. The molecule has 10 nitrogen and oxygen atoms in total. The smallest absolute Gasteiger partial charge is 0.313 e. The lowest BCUT2D eigenvalue weighted by Gasteiger charge is -2.19. The summed E-state index contributed by atoms with van der Waals surface area (Å²) < 4.78 is 21.2. The van der Waals surface area contributed by atoms with Crippen molar-refractivity contribution in [2.45, 2.75) is 33.7 Å². The van der Waals surface area contributed by atoms with Crippen LogP contribution in [0.2, 0.25) is 0 Å². The summed E-state index contributed by atoms with van der Waals surface area (Å²) in [6.45, 7) is 6.66. The quantitative estimate of drug-likeness (QED) is 0.331. The van der Waals surface area contributed by atoms with Crippen LogP contribution in [0.1, 0.15) is 49.3 Å². The van der Waals surface area contributed by atoms with E-state index < -0.39 is 29.7 Å². The van der Waals surface area contributed by atoms with E-state index in [1.165, 1.54) is 19.4 Å². The predicted octanol–water partition coefficient (Wildman–Crippen LogP) is 4.38. The van der Waals surface area contributed by atoms with Crippen LogP contribution in [-0.4, -0.2) is 50.1 Å². The number of benzene rings is 2. The van der Waals surface area contributed by atoms with E-state index in [2.05, 4.69) is 15.6 Å². The van der Waals surface area contributed by atoms with Crippen molar-refractivity contribution in [2.75, 3.05) is 21.3 Å². The number of methoxy groups -OCH3 is 3. The molecule has 0 fully saturated rings. The molecule has 0 saturated carbocycles. The number of aromatic nitrogens is 1. The number of nitrogens with zero attached hydrogens (tertiary/aromatic N) is 1. The fraction of sp³-hybridized carbons (Fsp3) is 0.290. The van der Waals surface area contributed by atoms with Crippen molar-refractivity contribution in [3.63, 3.8) is 0 Å². The molecule has 2 N–H and O–H groups in total. The number of amides is 2. The Kier molecular flexibility index (Phi) is 10.5. The van der Waals surface area contributed by atoms with E-state index in [0.29, 0.717) is 17.2 Å². The van der Waals surface area contributed by atoms with Crippen LogP contribution >= 0.6 is 0 Å². The summed E-state index contributed by atoms with van der Waals surface area (Å²) >= 11 is 0. The van der Waals surface area contributed by atoms with E-state index in [4.69, 9.17) is 18.9 Å². The van der Waals surface area contributed by atoms with E-state index in [0.717, 1.165) is 16.7 Å². The molecule has 2 amide bonds. The Balaban J connectivity index is 1.87. The number of carbonyl (C=O) groups is 3. The van der Waals surface area contributed by atoms with E-state index >= 15 is 0 Å². The maximum Gasteiger partial charge on any atom is 0.313 e. The maximum absolute atomic E-state index is 13.2. The number of hydrogen-bond acceptors (Lipinski definition) is 8. The van der Waals surface area contributed by atoms with Gasteiger partial charge in [-0.25, -0.2) is 4.98 Å². The molecule has 10 heteroatoms. The first-order valence-electron chi connectivity index (χ1n) is 13.0. The summed E-state index contributed by atoms with van der Waals surface area (Å²) in [5.41, 5.74) is 2.87. The molecule has 0 unspecified atom stereocenters. The lowest BCUT2D eigenvalue weighted by atomic mass is 9.95. The zero-order valence-electron chi connectivity index (χ0n) is 24.2. The number of carbonyl (C=O) groups excluding carboxylic acids is 3. The molecule has 0 saturated heterocycles. The predicted molar refractivity (Wildman–Crippen MR) is 154 cm³/mol. The second kappa shape index (κ2) is 14.0. The molecular weight excluding hydrogens is 526 g/mol. The fourth-order valence-corrected chi connectivity index (χ4v) is 3.87. The van der Waals surface area contributed by atoms with Gasteiger partial charge in [-0.05, 0) is 49.2 Å². The normalized spacial score (nSPS) is 11.2. The highest BCUT2D eigenvalue weighted by Gasteiger charge is 2.26. The van der Waals surface area contributed by atoms with Crippen LogP contribution < -0.4 is 29.6 Å². The van der Waals surface area contributed by atoms with Crippen LogP contribution in [0.25, 0.3) is 5.57 Å². The number of ether oxygens (including phenoxy) is 4. The van der Waals surface area contributed by atoms with Crippen LogP contribution in [0.4, 0.5) is 0 Å². The standard InChI is InChI=1S/C31H35N3O7/c1-18(2)31(37)41-28-25(40-7)16-17-32-27(28)30(36)34-20(4)29(35)33-19(3)26(21-8-12-23(38-5)13-9-21)22-10-14-24(39-6)15-11-22/h8-18,20H,1-7H3,(H,33,35)(H,34,36)/t20-/m0/s1. The monoisotopic (exact) mass is 561 g/mol. The third kappa shape index (κ3) is 7.63. The highest BCUT2D eigenvalue weighted by molar-refractivity contribution is 5.99. The minimum atomic E-state index is -0.966. The van der Waals surface area contributed by atoms with Gasteiger partial charge in [0, 0.05) is 23.5 Å². The van der Waals surface area contributed by atoms with Gasteiger partial charge in [-0.3, -0.25) is 14.4 Å². The van der Waals surface area contributed by atoms with Gasteiger partial charge in [-0.15, -0.1) is 0 Å². The molecule has 3 rings (SSSR count). The van der Waals surface area contributed by atoms with E-state index in [1.807, 2.05) is 48.5 Å². The Bertz CT molecular complexity index is 1370. The van der Waals surface area contributed by atoms with Crippen molar-refractivity contribution in [1.29, 1.82) is 0 Å². The first-order valence-corrected chi connectivity index (χ1v) is 13.0. The molecule has 0 aliphatic rings. The number of hydrogen-bond donors (Lipinski definition) is 2. The van der Waals surface area contributed by atoms with Gasteiger partial charge < -0.3 is 29.6 Å². The van der Waals surface area contributed by atoms with Crippen LogP contribution in [0.5, 0.6) is 23.0 Å². The Labute approximate surface area is 239 Å². The largest absolute Gasteiger partial charge is 0.497 e. The molecule has 1 aromatic heterocycles. The average molecular weight is 562 g/mol. The van der Waals surface area contributed by atoms with Gasteiger partial charge in [-0.1, -0.05) is 38.1 Å². The minimum Gasteiger partial charge on any atom is -0.497 e. The fourth-order valence-electron chi connectivity index (χ4n) is 3.87. The van der Waals surface area contributed by atoms with Gasteiger partial charge in [0.25, 0.3) is 5.91 Å². The summed E-state index contributed by atoms with van der Waals surface area (Å²) in [5, 5.41) is 5.54. The molecule has 0 spiro atoms. The third-order valence-corrected chi connectivity index (χ3v) is 6.16. The first-order chi connectivity index (χ1) is 19.6. The molecule has 3 aromatic rings. The highest BCUT2D eigenvalue weighted by atomic mass is 16.6. The van der Waals surface area contributed by atoms with Crippen molar-refractivity contribution in [1.82, 2.24) is 15.6 Å². The molecule has 216 valence electrons. The summed E-state index contributed by atoms with van der Waals surface area (Å²) in [6.07, 6.45) is 1.36. The van der Waals surface area contributed by atoms with E-state index in [-0.39, 0.29) is 17.2 Å². The molecule has 1 atom stereocenters. The summed E-state index contributed by atoms with van der Waals surface area (Å²) in [5.74, 6) is -0.711. The van der Waals surface area contributed by atoms with Gasteiger partial charge in [0.1, 0.15) is 17.5 Å². The Morgan fingerprint density at radius 3 is 1.78 bits per heavy atom. The first kappa shape index (κ1) is 30.7. The van der Waals surface area contributed by atoms with Crippen molar-refractivity contribution in [2.24, 2.45) is 5.92 Å². The number of pyridine rings is 1. The van der Waals surface area contributed by atoms with Crippen molar-refractivity contribution in [3.05, 3.63) is 83.3 Å². The molecule has 0 bridgehead atoms. The molecule has 0 radical (unpaired) electrons. The number of rotatable bonds is 11. The second-order valence-electron chi connectivity index (χ2n) is 9.41. The Hall–Kier alpha value is -4.86. The topological polar surface area (TPSA) is 125 Å². The van der Waals surface area contributed by atoms with Crippen molar-refractivity contribution >= 4 is 23.4 Å². The van der Waals surface area contributed by atoms with Crippen LogP contribution in [0.15, 0.2) is 66.5 Å². The third-order valence-electron chi connectivity index (χ3n) is 6.16. The molecule has 0 aliphatic carbocycles. The maximum atomic E-state index is 13.2. The second-order valence-corrected chi connectivity index (χ2v) is 9.41. The Morgan fingerprint density at radius 2 is 1.32 bits per heavy atom. The summed E-state index contributed by atoms with van der Waals surface area (Å²) in [6, 6.07) is 15.4. The lowest BCUT2D eigenvalue weighted by molar-refractivity contribution is -0.137. The van der Waals surface area contributed by atoms with E-state index in [9.17, 15) is 14.4 Å².